The predicted molar refractivity (Wildman–Crippen MR) is 103 cm³/mol. The summed E-state index contributed by atoms with van der Waals surface area (Å²) in [5.74, 6) is -2.76. The molecule has 1 saturated heterocycles. The molecule has 2 amide bonds. The van der Waals surface area contributed by atoms with Crippen molar-refractivity contribution in [1.29, 1.82) is 0 Å². The first kappa shape index (κ1) is 23.0. The Kier molecular flexibility index (Phi) is 6.82. The van der Waals surface area contributed by atoms with Gasteiger partial charge in [-0.3, -0.25) is 0 Å². The first-order valence-corrected chi connectivity index (χ1v) is 9.43. The van der Waals surface area contributed by atoms with Crippen LogP contribution in [0.2, 0.25) is 0 Å². The van der Waals surface area contributed by atoms with E-state index >= 15 is 0 Å². The molecule has 2 aliphatic rings. The molecule has 9 heteroatoms. The Bertz CT molecular complexity index is 757. The van der Waals surface area contributed by atoms with E-state index in [-0.39, 0.29) is 17.5 Å². The molecule has 3 rings (SSSR count). The van der Waals surface area contributed by atoms with E-state index in [1.807, 2.05) is 0 Å². The van der Waals surface area contributed by atoms with Crippen LogP contribution in [0.3, 0.4) is 0 Å². The number of carboxylic acid groups (broad SMARTS) is 1. The summed E-state index contributed by atoms with van der Waals surface area (Å²) >= 11 is 0. The van der Waals surface area contributed by atoms with E-state index < -0.39 is 12.1 Å². The highest BCUT2D eigenvalue weighted by Crippen LogP contribution is 2.50. The van der Waals surface area contributed by atoms with Gasteiger partial charge in [0, 0.05) is 19.5 Å². The number of fused-ring (bicyclic) bond motifs is 2. The van der Waals surface area contributed by atoms with Crippen LogP contribution in [0.4, 0.5) is 18.0 Å². The van der Waals surface area contributed by atoms with E-state index in [2.05, 4.69) is 42.4 Å². The highest BCUT2D eigenvalue weighted by Gasteiger charge is 2.45. The minimum atomic E-state index is -5.08. The number of amides is 2. The highest BCUT2D eigenvalue weighted by atomic mass is 19.4. The lowest BCUT2D eigenvalue weighted by atomic mass is 9.73. The van der Waals surface area contributed by atoms with Gasteiger partial charge in [0.2, 0.25) is 0 Å². The lowest BCUT2D eigenvalue weighted by Crippen LogP contribution is -2.41. The smallest absolute Gasteiger partial charge is 0.475 e. The first-order chi connectivity index (χ1) is 13.4. The van der Waals surface area contributed by atoms with Crippen LogP contribution in [0.1, 0.15) is 42.0 Å². The summed E-state index contributed by atoms with van der Waals surface area (Å²) in [7, 11) is 5.79. The predicted octanol–water partition coefficient (Wildman–Crippen LogP) is 3.31. The fraction of sp³-hybridized carbons (Fsp3) is 0.600. The fourth-order valence-corrected chi connectivity index (χ4v) is 3.99. The summed E-state index contributed by atoms with van der Waals surface area (Å²) < 4.78 is 31.7. The quantitative estimate of drug-likeness (QED) is 0.738. The topological polar surface area (TPSA) is 72.9 Å². The van der Waals surface area contributed by atoms with Crippen LogP contribution < -0.4 is 5.32 Å². The molecule has 0 aromatic heterocycles. The van der Waals surface area contributed by atoms with Gasteiger partial charge < -0.3 is 20.2 Å². The van der Waals surface area contributed by atoms with Crippen LogP contribution in [0.25, 0.3) is 0 Å². The molecule has 2 N–H and O–H groups in total. The monoisotopic (exact) mass is 415 g/mol. The maximum atomic E-state index is 12.1. The molecule has 1 fully saturated rings. The number of likely N-dealkylation sites (tertiary alicyclic amines) is 1. The Labute approximate surface area is 168 Å². The summed E-state index contributed by atoms with van der Waals surface area (Å²) in [6, 6.07) is 6.94. The Morgan fingerprint density at radius 1 is 1.24 bits per heavy atom. The van der Waals surface area contributed by atoms with E-state index in [1.54, 1.807) is 19.0 Å². The Balaban J connectivity index is 0.000000370. The molecule has 1 atom stereocenters. The van der Waals surface area contributed by atoms with Gasteiger partial charge in [-0.1, -0.05) is 23.8 Å². The summed E-state index contributed by atoms with van der Waals surface area (Å²) in [5.41, 5.74) is 4.32. The number of hydrogen-bond donors (Lipinski definition) is 2. The molecule has 1 aromatic carbocycles. The summed E-state index contributed by atoms with van der Waals surface area (Å²) in [6.07, 6.45) is -1.67. The third kappa shape index (κ3) is 5.41. The van der Waals surface area contributed by atoms with Crippen LogP contribution in [0, 0.1) is 6.92 Å². The zero-order valence-corrected chi connectivity index (χ0v) is 17.1. The normalized spacial score (nSPS) is 20.4. The third-order valence-electron chi connectivity index (χ3n) is 5.64. The molecule has 1 aromatic rings. The van der Waals surface area contributed by atoms with Crippen LogP contribution in [-0.4, -0.2) is 67.3 Å². The van der Waals surface area contributed by atoms with Crippen molar-refractivity contribution in [3.8, 4) is 0 Å². The maximum Gasteiger partial charge on any atom is 0.490 e. The standard InChI is InChI=1S/C18H27N3O.C2HF3O2/c1-13-5-6-15-14(11-13)16(19-17(22)20(2)3)12-18(15)7-9-21(4)10-8-18;3-2(4,5)1(6)7/h5-6,11,16H,7-10,12H2,1-4H3,(H,19,22);(H,6,7). The molecule has 1 aliphatic carbocycles. The molecule has 1 heterocycles. The largest absolute Gasteiger partial charge is 0.490 e. The third-order valence-corrected chi connectivity index (χ3v) is 5.64. The Hall–Kier alpha value is -2.29. The molecule has 29 heavy (non-hydrogen) atoms. The average Bonchev–Trinajstić information content (AvgIpc) is 2.90. The average molecular weight is 415 g/mol. The summed E-state index contributed by atoms with van der Waals surface area (Å²) in [5, 5.41) is 10.3. The number of carbonyl (C=O) groups is 2. The van der Waals surface area contributed by atoms with E-state index in [4.69, 9.17) is 9.90 Å². The van der Waals surface area contributed by atoms with Crippen molar-refractivity contribution < 1.29 is 27.9 Å². The van der Waals surface area contributed by atoms with Crippen molar-refractivity contribution in [1.82, 2.24) is 15.1 Å². The zero-order chi connectivity index (χ0) is 22.0. The van der Waals surface area contributed by atoms with Gasteiger partial charge in [-0.15, -0.1) is 0 Å². The number of benzene rings is 1. The molecular formula is C20H28F3N3O3. The van der Waals surface area contributed by atoms with E-state index in [9.17, 15) is 18.0 Å². The van der Waals surface area contributed by atoms with Gasteiger partial charge in [-0.05, 0) is 57.5 Å². The number of aryl methyl sites for hydroxylation is 1. The summed E-state index contributed by atoms with van der Waals surface area (Å²) in [6.45, 7) is 4.41. The summed E-state index contributed by atoms with van der Waals surface area (Å²) in [4.78, 5) is 25.0. The number of aliphatic carboxylic acids is 1. The second-order valence-corrected chi connectivity index (χ2v) is 8.08. The number of urea groups is 1. The number of alkyl halides is 3. The molecule has 1 spiro atoms. The minimum Gasteiger partial charge on any atom is -0.475 e. The minimum absolute atomic E-state index is 0.00225. The first-order valence-electron chi connectivity index (χ1n) is 9.43. The van der Waals surface area contributed by atoms with E-state index in [1.165, 1.54) is 29.5 Å². The molecule has 1 aliphatic heterocycles. The van der Waals surface area contributed by atoms with Gasteiger partial charge >= 0.3 is 18.2 Å². The van der Waals surface area contributed by atoms with Crippen molar-refractivity contribution in [2.24, 2.45) is 0 Å². The number of carbonyl (C=O) groups excluding carboxylic acids is 1. The van der Waals surface area contributed by atoms with Crippen molar-refractivity contribution >= 4 is 12.0 Å². The van der Waals surface area contributed by atoms with Crippen LogP contribution >= 0.6 is 0 Å². The number of halogens is 3. The molecule has 0 radical (unpaired) electrons. The van der Waals surface area contributed by atoms with Crippen LogP contribution in [-0.2, 0) is 10.2 Å². The van der Waals surface area contributed by atoms with Gasteiger partial charge in [0.1, 0.15) is 0 Å². The fourth-order valence-electron chi connectivity index (χ4n) is 3.99. The van der Waals surface area contributed by atoms with Gasteiger partial charge in [0.05, 0.1) is 6.04 Å². The maximum absolute atomic E-state index is 12.1. The van der Waals surface area contributed by atoms with Crippen LogP contribution in [0.15, 0.2) is 18.2 Å². The highest BCUT2D eigenvalue weighted by molar-refractivity contribution is 5.74. The second kappa shape index (κ2) is 8.61. The molecule has 162 valence electrons. The number of rotatable bonds is 1. The van der Waals surface area contributed by atoms with Crippen molar-refractivity contribution in [2.45, 2.75) is 43.8 Å². The Morgan fingerprint density at radius 2 is 1.79 bits per heavy atom. The Morgan fingerprint density at radius 3 is 2.28 bits per heavy atom. The SMILES string of the molecule is Cc1ccc2c(c1)C(NC(=O)N(C)C)CC21CCN(C)CC1.O=C(O)C(F)(F)F. The zero-order valence-electron chi connectivity index (χ0n) is 17.1. The number of nitrogens with zero attached hydrogens (tertiary/aromatic N) is 2. The van der Waals surface area contributed by atoms with Gasteiger partial charge in [0.25, 0.3) is 0 Å². The lowest BCUT2D eigenvalue weighted by molar-refractivity contribution is -0.192. The van der Waals surface area contributed by atoms with Crippen molar-refractivity contribution in [2.75, 3.05) is 34.2 Å². The van der Waals surface area contributed by atoms with Gasteiger partial charge in [-0.2, -0.15) is 13.2 Å². The van der Waals surface area contributed by atoms with Gasteiger partial charge in [0.15, 0.2) is 0 Å². The number of carboxylic acids is 1. The van der Waals surface area contributed by atoms with Crippen LogP contribution in [0.5, 0.6) is 0 Å². The number of piperidine rings is 1. The molecular weight excluding hydrogens is 387 g/mol. The molecule has 6 nitrogen and oxygen atoms in total. The molecule has 1 unspecified atom stereocenters. The van der Waals surface area contributed by atoms with Crippen molar-refractivity contribution in [3.05, 3.63) is 34.9 Å². The van der Waals surface area contributed by atoms with E-state index in [0.29, 0.717) is 0 Å². The van der Waals surface area contributed by atoms with Gasteiger partial charge in [-0.25, -0.2) is 9.59 Å². The molecule has 0 saturated carbocycles. The molecule has 0 bridgehead atoms. The lowest BCUT2D eigenvalue weighted by Gasteiger charge is -2.39. The number of nitrogens with one attached hydrogen (secondary N) is 1. The van der Waals surface area contributed by atoms with E-state index in [0.717, 1.165) is 19.5 Å². The second-order valence-electron chi connectivity index (χ2n) is 8.08. The number of hydrogen-bond acceptors (Lipinski definition) is 3. The van der Waals surface area contributed by atoms with Crippen molar-refractivity contribution in [3.63, 3.8) is 0 Å².